The van der Waals surface area contributed by atoms with Crippen LogP contribution in [0.1, 0.15) is 30.5 Å². The average molecular weight is 377 g/mol. The van der Waals surface area contributed by atoms with Crippen LogP contribution in [-0.4, -0.2) is 30.8 Å². The summed E-state index contributed by atoms with van der Waals surface area (Å²) in [5.41, 5.74) is 2.28. The fourth-order valence-electron chi connectivity index (χ4n) is 2.97. The molecule has 0 spiro atoms. The molecule has 2 aromatic rings. The van der Waals surface area contributed by atoms with Crippen LogP contribution in [-0.2, 0) is 4.79 Å². The molecule has 1 aliphatic heterocycles. The maximum absolute atomic E-state index is 13.5. The summed E-state index contributed by atoms with van der Waals surface area (Å²) in [7, 11) is 3.12. The summed E-state index contributed by atoms with van der Waals surface area (Å²) in [6.45, 7) is 1.44. The van der Waals surface area contributed by atoms with Gasteiger partial charge in [-0.3, -0.25) is 4.79 Å². The van der Waals surface area contributed by atoms with E-state index in [-0.39, 0.29) is 17.0 Å². The zero-order chi connectivity index (χ0) is 18.8. The number of carbonyl (C=O) groups excluding carboxylic acids is 1. The third-order valence-electron chi connectivity index (χ3n) is 4.28. The van der Waals surface area contributed by atoms with Crippen molar-refractivity contribution in [3.8, 4) is 11.5 Å². The number of hydrogen-bond donors (Lipinski definition) is 0. The molecular formula is C19H18ClFN2O3. The van der Waals surface area contributed by atoms with Gasteiger partial charge in [-0.05, 0) is 35.9 Å². The molecule has 1 aliphatic rings. The van der Waals surface area contributed by atoms with Gasteiger partial charge >= 0.3 is 0 Å². The third-order valence-corrected chi connectivity index (χ3v) is 4.57. The molecule has 26 heavy (non-hydrogen) atoms. The number of methoxy groups -OCH3 is 2. The number of amides is 1. The topological polar surface area (TPSA) is 51.1 Å². The Hall–Kier alpha value is -2.60. The third kappa shape index (κ3) is 3.37. The monoisotopic (exact) mass is 376 g/mol. The second kappa shape index (κ2) is 7.33. The minimum Gasteiger partial charge on any atom is -0.493 e. The highest BCUT2D eigenvalue weighted by Crippen LogP contribution is 2.36. The van der Waals surface area contributed by atoms with Crippen molar-refractivity contribution in [1.29, 1.82) is 0 Å². The van der Waals surface area contributed by atoms with E-state index in [2.05, 4.69) is 5.10 Å². The van der Waals surface area contributed by atoms with Gasteiger partial charge in [-0.1, -0.05) is 17.7 Å². The highest BCUT2D eigenvalue weighted by molar-refractivity contribution is 6.30. The van der Waals surface area contributed by atoms with Gasteiger partial charge in [-0.25, -0.2) is 9.40 Å². The molecule has 1 heterocycles. The van der Waals surface area contributed by atoms with E-state index in [0.29, 0.717) is 17.9 Å². The first kappa shape index (κ1) is 18.2. The second-order valence-corrected chi connectivity index (χ2v) is 6.28. The van der Waals surface area contributed by atoms with E-state index in [1.165, 1.54) is 24.1 Å². The summed E-state index contributed by atoms with van der Waals surface area (Å²) in [6.07, 6.45) is 0.483. The molecule has 0 N–H and O–H groups in total. The maximum Gasteiger partial charge on any atom is 0.240 e. The van der Waals surface area contributed by atoms with E-state index in [1.54, 1.807) is 26.4 Å². The average Bonchev–Trinajstić information content (AvgIpc) is 3.09. The Balaban J connectivity index is 1.96. The van der Waals surface area contributed by atoms with Gasteiger partial charge in [0.2, 0.25) is 5.91 Å². The Morgan fingerprint density at radius 3 is 2.54 bits per heavy atom. The number of hydrazone groups is 1. The van der Waals surface area contributed by atoms with E-state index in [4.69, 9.17) is 21.1 Å². The Bertz CT molecular complexity index is 885. The molecule has 0 saturated carbocycles. The molecule has 0 fully saturated rings. The summed E-state index contributed by atoms with van der Waals surface area (Å²) in [6, 6.07) is 9.57. The van der Waals surface area contributed by atoms with Crippen molar-refractivity contribution in [2.75, 3.05) is 14.2 Å². The van der Waals surface area contributed by atoms with Crippen molar-refractivity contribution in [2.24, 2.45) is 5.10 Å². The Morgan fingerprint density at radius 1 is 1.19 bits per heavy atom. The Morgan fingerprint density at radius 2 is 1.92 bits per heavy atom. The summed E-state index contributed by atoms with van der Waals surface area (Å²) in [5.74, 6) is 0.491. The molecule has 3 rings (SSSR count). The molecule has 0 aromatic heterocycles. The molecule has 5 nitrogen and oxygen atoms in total. The quantitative estimate of drug-likeness (QED) is 0.803. The molecule has 0 unspecified atom stereocenters. The molecule has 0 saturated heterocycles. The lowest BCUT2D eigenvalue weighted by molar-refractivity contribution is -0.130. The van der Waals surface area contributed by atoms with Gasteiger partial charge in [-0.15, -0.1) is 0 Å². The summed E-state index contributed by atoms with van der Waals surface area (Å²) >= 11 is 5.90. The van der Waals surface area contributed by atoms with E-state index in [0.717, 1.165) is 16.8 Å². The minimum atomic E-state index is -0.496. The van der Waals surface area contributed by atoms with E-state index >= 15 is 0 Å². The second-order valence-electron chi connectivity index (χ2n) is 5.87. The standard InChI is InChI=1S/C19H18ClFN2O3/c1-11(24)23-17(13-4-6-15(21)14(20)8-13)10-16(22-23)12-5-7-18(25-2)19(9-12)26-3/h4-9,17H,10H2,1-3H3/t17-/m0/s1. The molecule has 136 valence electrons. The molecule has 7 heteroatoms. The van der Waals surface area contributed by atoms with Crippen molar-refractivity contribution in [2.45, 2.75) is 19.4 Å². The number of halogens is 2. The molecular weight excluding hydrogens is 359 g/mol. The van der Waals surface area contributed by atoms with Gasteiger partial charge in [-0.2, -0.15) is 5.10 Å². The molecule has 2 aromatic carbocycles. The van der Waals surface area contributed by atoms with Gasteiger partial charge in [0.15, 0.2) is 11.5 Å². The SMILES string of the molecule is COc1ccc(C2=NN(C(C)=O)[C@H](c3ccc(F)c(Cl)c3)C2)cc1OC. The molecule has 0 radical (unpaired) electrons. The van der Waals surface area contributed by atoms with Crippen LogP contribution in [0.2, 0.25) is 5.02 Å². The van der Waals surface area contributed by atoms with Crippen molar-refractivity contribution in [3.63, 3.8) is 0 Å². The van der Waals surface area contributed by atoms with Crippen LogP contribution in [0.4, 0.5) is 4.39 Å². The Kier molecular flexibility index (Phi) is 5.13. The van der Waals surface area contributed by atoms with Crippen molar-refractivity contribution >= 4 is 23.2 Å². The summed E-state index contributed by atoms with van der Waals surface area (Å²) in [4.78, 5) is 12.0. The molecule has 1 amide bonds. The van der Waals surface area contributed by atoms with Crippen LogP contribution in [0, 0.1) is 5.82 Å². The fraction of sp³-hybridized carbons (Fsp3) is 0.263. The summed E-state index contributed by atoms with van der Waals surface area (Å²) < 4.78 is 24.1. The zero-order valence-electron chi connectivity index (χ0n) is 14.6. The number of benzene rings is 2. The Labute approximate surface area is 156 Å². The van der Waals surface area contributed by atoms with Crippen molar-refractivity contribution in [3.05, 3.63) is 58.4 Å². The van der Waals surface area contributed by atoms with E-state index < -0.39 is 5.82 Å². The van der Waals surface area contributed by atoms with Gasteiger partial charge in [0.25, 0.3) is 0 Å². The number of hydrogen-bond acceptors (Lipinski definition) is 4. The first-order valence-electron chi connectivity index (χ1n) is 7.99. The fourth-order valence-corrected chi connectivity index (χ4v) is 3.16. The minimum absolute atomic E-state index is 0.0190. The smallest absolute Gasteiger partial charge is 0.240 e. The zero-order valence-corrected chi connectivity index (χ0v) is 15.4. The lowest BCUT2D eigenvalue weighted by atomic mass is 9.98. The molecule has 0 aliphatic carbocycles. The van der Waals surface area contributed by atoms with E-state index in [9.17, 15) is 9.18 Å². The van der Waals surface area contributed by atoms with Crippen LogP contribution in [0.3, 0.4) is 0 Å². The van der Waals surface area contributed by atoms with Gasteiger partial charge < -0.3 is 9.47 Å². The molecule has 0 bridgehead atoms. The number of ether oxygens (including phenoxy) is 2. The van der Waals surface area contributed by atoms with Crippen LogP contribution < -0.4 is 9.47 Å². The maximum atomic E-state index is 13.5. The van der Waals surface area contributed by atoms with Crippen LogP contribution >= 0.6 is 11.6 Å². The number of rotatable bonds is 4. The molecule has 1 atom stereocenters. The largest absolute Gasteiger partial charge is 0.493 e. The van der Waals surface area contributed by atoms with Gasteiger partial charge in [0.1, 0.15) is 5.82 Å². The lowest BCUT2D eigenvalue weighted by Gasteiger charge is -2.20. The first-order valence-corrected chi connectivity index (χ1v) is 8.37. The van der Waals surface area contributed by atoms with Crippen LogP contribution in [0.25, 0.3) is 0 Å². The lowest BCUT2D eigenvalue weighted by Crippen LogP contribution is -2.24. The van der Waals surface area contributed by atoms with Crippen molar-refractivity contribution in [1.82, 2.24) is 5.01 Å². The van der Waals surface area contributed by atoms with Crippen molar-refractivity contribution < 1.29 is 18.7 Å². The first-order chi connectivity index (χ1) is 12.4. The van der Waals surface area contributed by atoms with Crippen LogP contribution in [0.5, 0.6) is 11.5 Å². The van der Waals surface area contributed by atoms with Gasteiger partial charge in [0, 0.05) is 18.9 Å². The van der Waals surface area contributed by atoms with E-state index in [1.807, 2.05) is 12.1 Å². The normalized spacial score (nSPS) is 16.4. The highest BCUT2D eigenvalue weighted by atomic mass is 35.5. The number of nitrogens with zero attached hydrogens (tertiary/aromatic N) is 2. The van der Waals surface area contributed by atoms with Gasteiger partial charge in [0.05, 0.1) is 31.0 Å². The number of carbonyl (C=O) groups is 1. The predicted molar refractivity (Wildman–Crippen MR) is 97.4 cm³/mol. The van der Waals surface area contributed by atoms with Crippen LogP contribution in [0.15, 0.2) is 41.5 Å². The summed E-state index contributed by atoms with van der Waals surface area (Å²) in [5, 5.41) is 5.88. The highest BCUT2D eigenvalue weighted by Gasteiger charge is 2.32. The predicted octanol–water partition coefficient (Wildman–Crippen LogP) is 4.19.